The van der Waals surface area contributed by atoms with Crippen LogP contribution < -0.4 is 5.32 Å². The van der Waals surface area contributed by atoms with Crippen molar-refractivity contribution in [3.05, 3.63) is 65.1 Å². The molecule has 0 unspecified atom stereocenters. The molecule has 2 N–H and O–H groups in total. The number of aromatic nitrogens is 1. The molecule has 3 aromatic rings. The highest BCUT2D eigenvalue weighted by atomic mass is 19.1. The first kappa shape index (κ1) is 17.7. The molecule has 0 spiro atoms. The number of hydrogen-bond acceptors (Lipinski definition) is 3. The number of likely N-dealkylation sites (N-methyl/N-ethyl adjacent to an activating group) is 1. The van der Waals surface area contributed by atoms with Gasteiger partial charge in [-0.15, -0.1) is 0 Å². The second-order valence-corrected chi connectivity index (χ2v) is 6.19. The number of aromatic hydroxyl groups is 1. The quantitative estimate of drug-likeness (QED) is 0.758. The molecule has 0 bridgehead atoms. The normalized spacial score (nSPS) is 12.2. The number of rotatable bonds is 3. The van der Waals surface area contributed by atoms with Crippen LogP contribution in [-0.4, -0.2) is 28.5 Å². The molecular formula is C20H19FN2O3. The zero-order valence-electron chi connectivity index (χ0n) is 14.7. The molecule has 134 valence electrons. The van der Waals surface area contributed by atoms with Crippen LogP contribution in [0.3, 0.4) is 0 Å². The second kappa shape index (κ2) is 6.63. The van der Waals surface area contributed by atoms with Crippen molar-refractivity contribution in [2.75, 3.05) is 7.05 Å². The molecule has 0 aliphatic heterocycles. The Hall–Kier alpha value is -3.15. The summed E-state index contributed by atoms with van der Waals surface area (Å²) in [6.45, 7) is 3.48. The van der Waals surface area contributed by atoms with Crippen molar-refractivity contribution >= 4 is 22.7 Å². The van der Waals surface area contributed by atoms with Crippen LogP contribution in [0.2, 0.25) is 0 Å². The second-order valence-electron chi connectivity index (χ2n) is 6.19. The smallest absolute Gasteiger partial charge is 0.262 e. The molecule has 0 radical (unpaired) electrons. The van der Waals surface area contributed by atoms with Crippen molar-refractivity contribution < 1.29 is 19.1 Å². The van der Waals surface area contributed by atoms with E-state index in [-0.39, 0.29) is 17.2 Å². The van der Waals surface area contributed by atoms with E-state index in [0.717, 1.165) is 0 Å². The topological polar surface area (TPSA) is 71.3 Å². The number of carbonyl (C=O) groups excluding carboxylic acids is 2. The average molecular weight is 354 g/mol. The standard InChI is InChI=1S/C20H19FN2O3/c1-11(19(25)22-3)18-12(2)23(17-8-7-15(24)10-16(17)18)20(26)13-5-4-6-14(21)9-13/h4-11,24H,1-3H3,(H,22,25)/t11-/m0/s1. The van der Waals surface area contributed by atoms with Crippen LogP contribution in [0.5, 0.6) is 5.75 Å². The van der Waals surface area contributed by atoms with E-state index in [1.165, 1.54) is 34.9 Å². The maximum Gasteiger partial charge on any atom is 0.262 e. The van der Waals surface area contributed by atoms with Gasteiger partial charge in [-0.3, -0.25) is 14.2 Å². The lowest BCUT2D eigenvalue weighted by Gasteiger charge is -2.12. The number of halogens is 1. The van der Waals surface area contributed by atoms with Crippen LogP contribution in [0.4, 0.5) is 4.39 Å². The minimum Gasteiger partial charge on any atom is -0.508 e. The summed E-state index contributed by atoms with van der Waals surface area (Å²) in [6, 6.07) is 10.1. The molecule has 5 nitrogen and oxygen atoms in total. The third-order valence-corrected chi connectivity index (χ3v) is 4.58. The summed E-state index contributed by atoms with van der Waals surface area (Å²) in [4.78, 5) is 25.2. The monoisotopic (exact) mass is 354 g/mol. The van der Waals surface area contributed by atoms with Crippen LogP contribution in [0.15, 0.2) is 42.5 Å². The summed E-state index contributed by atoms with van der Waals surface area (Å²) in [5.74, 6) is -1.58. The Morgan fingerprint density at radius 3 is 2.58 bits per heavy atom. The molecule has 1 atom stereocenters. The van der Waals surface area contributed by atoms with E-state index in [2.05, 4.69) is 5.32 Å². The number of amides is 1. The molecule has 3 rings (SSSR count). The minimum atomic E-state index is -0.522. The van der Waals surface area contributed by atoms with Gasteiger partial charge < -0.3 is 10.4 Å². The fourth-order valence-corrected chi connectivity index (χ4v) is 3.34. The molecule has 0 aliphatic rings. The molecule has 0 fully saturated rings. The van der Waals surface area contributed by atoms with E-state index in [4.69, 9.17) is 0 Å². The Bertz CT molecular complexity index is 1020. The predicted molar refractivity (Wildman–Crippen MR) is 97.0 cm³/mol. The van der Waals surface area contributed by atoms with Crippen LogP contribution in [0.25, 0.3) is 10.9 Å². The van der Waals surface area contributed by atoms with Crippen molar-refractivity contribution in [1.82, 2.24) is 9.88 Å². The Labute approximate surface area is 150 Å². The van der Waals surface area contributed by atoms with Gasteiger partial charge in [-0.1, -0.05) is 6.07 Å². The minimum absolute atomic E-state index is 0.0400. The first-order valence-electron chi connectivity index (χ1n) is 8.21. The summed E-state index contributed by atoms with van der Waals surface area (Å²) >= 11 is 0. The lowest BCUT2D eigenvalue weighted by Crippen LogP contribution is -2.24. The molecule has 1 amide bonds. The highest BCUT2D eigenvalue weighted by Gasteiger charge is 2.26. The summed E-state index contributed by atoms with van der Waals surface area (Å²) in [5.41, 5.74) is 1.99. The number of phenols is 1. The molecule has 2 aromatic carbocycles. The van der Waals surface area contributed by atoms with Gasteiger partial charge in [-0.25, -0.2) is 4.39 Å². The number of benzene rings is 2. The van der Waals surface area contributed by atoms with E-state index in [1.807, 2.05) is 0 Å². The van der Waals surface area contributed by atoms with Gasteiger partial charge in [0.25, 0.3) is 5.91 Å². The van der Waals surface area contributed by atoms with Crippen molar-refractivity contribution in [1.29, 1.82) is 0 Å². The Balaban J connectivity index is 2.28. The number of nitrogens with zero attached hydrogens (tertiary/aromatic N) is 1. The summed E-state index contributed by atoms with van der Waals surface area (Å²) in [7, 11) is 1.54. The lowest BCUT2D eigenvalue weighted by atomic mass is 9.97. The van der Waals surface area contributed by atoms with Gasteiger partial charge in [-0.2, -0.15) is 0 Å². The first-order chi connectivity index (χ1) is 12.3. The number of phenolic OH excluding ortho intramolecular Hbond substituents is 1. The van der Waals surface area contributed by atoms with Crippen LogP contribution in [0, 0.1) is 12.7 Å². The molecule has 1 heterocycles. The molecule has 0 saturated heterocycles. The van der Waals surface area contributed by atoms with Crippen LogP contribution in [-0.2, 0) is 4.79 Å². The maximum atomic E-state index is 13.5. The Morgan fingerprint density at radius 2 is 1.92 bits per heavy atom. The van der Waals surface area contributed by atoms with Gasteiger partial charge in [0.2, 0.25) is 5.91 Å². The van der Waals surface area contributed by atoms with Gasteiger partial charge in [0, 0.05) is 23.7 Å². The highest BCUT2D eigenvalue weighted by Crippen LogP contribution is 2.34. The van der Waals surface area contributed by atoms with E-state index >= 15 is 0 Å². The highest BCUT2D eigenvalue weighted by molar-refractivity contribution is 6.05. The number of nitrogens with one attached hydrogen (secondary N) is 1. The van der Waals surface area contributed by atoms with Crippen molar-refractivity contribution in [2.45, 2.75) is 19.8 Å². The number of hydrogen-bond donors (Lipinski definition) is 2. The van der Waals surface area contributed by atoms with Gasteiger partial charge in [-0.05, 0) is 55.8 Å². The number of carbonyl (C=O) groups is 2. The zero-order valence-corrected chi connectivity index (χ0v) is 14.7. The average Bonchev–Trinajstić information content (AvgIpc) is 2.90. The zero-order chi connectivity index (χ0) is 19.0. The van der Waals surface area contributed by atoms with Crippen molar-refractivity contribution in [3.8, 4) is 5.75 Å². The fraction of sp³-hybridized carbons (Fsp3) is 0.200. The number of fused-ring (bicyclic) bond motifs is 1. The van der Waals surface area contributed by atoms with E-state index in [9.17, 15) is 19.1 Å². The summed E-state index contributed by atoms with van der Waals surface area (Å²) in [6.07, 6.45) is 0. The van der Waals surface area contributed by atoms with Crippen molar-refractivity contribution in [2.24, 2.45) is 0 Å². The molecule has 0 aliphatic carbocycles. The third-order valence-electron chi connectivity index (χ3n) is 4.58. The Kier molecular flexibility index (Phi) is 4.50. The molecule has 1 aromatic heterocycles. The largest absolute Gasteiger partial charge is 0.508 e. The van der Waals surface area contributed by atoms with Crippen molar-refractivity contribution in [3.63, 3.8) is 0 Å². The summed E-state index contributed by atoms with van der Waals surface area (Å²) < 4.78 is 15.0. The van der Waals surface area contributed by atoms with E-state index in [0.29, 0.717) is 22.2 Å². The molecule has 6 heteroatoms. The third kappa shape index (κ3) is 2.83. The van der Waals surface area contributed by atoms with Gasteiger partial charge in [0.1, 0.15) is 11.6 Å². The maximum absolute atomic E-state index is 13.5. The Morgan fingerprint density at radius 1 is 1.19 bits per heavy atom. The van der Waals surface area contributed by atoms with Gasteiger partial charge in [0.05, 0.1) is 11.4 Å². The van der Waals surface area contributed by atoms with Gasteiger partial charge in [0.15, 0.2) is 0 Å². The van der Waals surface area contributed by atoms with Crippen LogP contribution >= 0.6 is 0 Å². The molecule has 0 saturated carbocycles. The molecule has 26 heavy (non-hydrogen) atoms. The van der Waals surface area contributed by atoms with E-state index < -0.39 is 17.6 Å². The molecular weight excluding hydrogens is 335 g/mol. The van der Waals surface area contributed by atoms with Gasteiger partial charge >= 0.3 is 0 Å². The SMILES string of the molecule is CNC(=O)[C@@H](C)c1c(C)n(C(=O)c2cccc(F)c2)c2ccc(O)cc12. The van der Waals surface area contributed by atoms with E-state index in [1.54, 1.807) is 33.0 Å². The van der Waals surface area contributed by atoms with Crippen LogP contribution in [0.1, 0.15) is 34.5 Å². The first-order valence-corrected chi connectivity index (χ1v) is 8.21. The lowest BCUT2D eigenvalue weighted by molar-refractivity contribution is -0.121. The predicted octanol–water partition coefficient (Wildman–Crippen LogP) is 3.33. The fourth-order valence-electron chi connectivity index (χ4n) is 3.34. The summed E-state index contributed by atoms with van der Waals surface area (Å²) in [5, 5.41) is 13.1.